The molecule has 0 aromatic carbocycles. The summed E-state index contributed by atoms with van der Waals surface area (Å²) in [5.41, 5.74) is 1.43. The molecule has 0 saturated heterocycles. The maximum Gasteiger partial charge on any atom is 0.274 e. The van der Waals surface area contributed by atoms with Crippen LogP contribution in [0.4, 0.5) is 0 Å². The van der Waals surface area contributed by atoms with Gasteiger partial charge in [0.05, 0.1) is 0 Å². The van der Waals surface area contributed by atoms with Gasteiger partial charge in [0.1, 0.15) is 0 Å². The zero-order valence-electron chi connectivity index (χ0n) is 8.34. The lowest BCUT2D eigenvalue weighted by Crippen LogP contribution is -2.07. The Bertz CT molecular complexity index is 157. The smallest absolute Gasteiger partial charge is 0.105 e. The molecule has 2 heteroatoms. The van der Waals surface area contributed by atoms with Gasteiger partial charge in [-0.25, -0.2) is 0 Å². The van der Waals surface area contributed by atoms with Crippen LogP contribution in [0, 0.1) is 0 Å². The molecule has 0 aliphatic rings. The minimum absolute atomic E-state index is 0. The first kappa shape index (κ1) is 15.7. The molecular weight excluding hydrogens is 186 g/mol. The van der Waals surface area contributed by atoms with E-state index in [1.165, 1.54) is 21.4 Å². The van der Waals surface area contributed by atoms with Gasteiger partial charge in [-0.05, 0) is 13.8 Å². The van der Waals surface area contributed by atoms with Gasteiger partial charge in [-0.2, -0.15) is 0 Å². The summed E-state index contributed by atoms with van der Waals surface area (Å²) in [6.45, 7) is 11.9. The van der Waals surface area contributed by atoms with E-state index in [2.05, 4.69) is 45.2 Å². The average Bonchev–Trinajstić information content (AvgIpc) is 2.01. The fourth-order valence-electron chi connectivity index (χ4n) is 1.16. The Kier molecular flexibility index (Phi) is 12.6. The Morgan fingerprint density at radius 3 is 1.85 bits per heavy atom. The van der Waals surface area contributed by atoms with E-state index in [1.54, 1.807) is 0 Å². The molecule has 0 bridgehead atoms. The summed E-state index contributed by atoms with van der Waals surface area (Å²) >= 11 is -0.602. The van der Waals surface area contributed by atoms with Gasteiger partial charge < -0.3 is 0 Å². The minimum atomic E-state index is -0.602. The van der Waals surface area contributed by atoms with Crippen molar-refractivity contribution in [2.75, 3.05) is 0 Å². The van der Waals surface area contributed by atoms with Crippen LogP contribution in [0.25, 0.3) is 0 Å². The molecular formula is C11H22Al2. The Morgan fingerprint density at radius 2 is 1.54 bits per heavy atom. The van der Waals surface area contributed by atoms with Gasteiger partial charge in [-0.3, -0.25) is 0 Å². The van der Waals surface area contributed by atoms with Crippen molar-refractivity contribution in [2.45, 2.75) is 29.7 Å². The van der Waals surface area contributed by atoms with E-state index in [4.69, 9.17) is 0 Å². The largest absolute Gasteiger partial charge is 0.274 e. The maximum absolute atomic E-state index is 3.79. The number of hydrogen-bond acceptors (Lipinski definition) is 0. The van der Waals surface area contributed by atoms with Crippen molar-refractivity contribution in [3.05, 3.63) is 37.0 Å². The third-order valence-corrected chi connectivity index (χ3v) is 4.76. The molecule has 0 aromatic heterocycles. The summed E-state index contributed by atoms with van der Waals surface area (Å²) in [5, 5.41) is 3.76. The van der Waals surface area contributed by atoms with Crippen LogP contribution in [-0.2, 0) is 0 Å². The first-order valence-corrected chi connectivity index (χ1v) is 7.00. The van der Waals surface area contributed by atoms with Gasteiger partial charge in [0.2, 0.25) is 0 Å². The lowest BCUT2D eigenvalue weighted by molar-refractivity contribution is 1.33. The molecule has 13 heavy (non-hydrogen) atoms. The highest BCUT2D eigenvalue weighted by atomic mass is 27.2. The molecule has 0 aliphatic heterocycles. The SMILES string of the molecule is C=C[CH2][Al]([CH2]C=C)[CH2]C=C(C)C.[AlH3]. The highest BCUT2D eigenvalue weighted by Crippen LogP contribution is 2.09. The summed E-state index contributed by atoms with van der Waals surface area (Å²) in [6.07, 6.45) is 6.46. The van der Waals surface area contributed by atoms with Crippen LogP contribution in [0.1, 0.15) is 13.8 Å². The highest BCUT2D eigenvalue weighted by Gasteiger charge is 2.10. The normalized spacial score (nSPS) is 8.15. The fraction of sp³-hybridized carbons (Fsp3) is 0.455. The van der Waals surface area contributed by atoms with Crippen molar-refractivity contribution < 1.29 is 0 Å². The van der Waals surface area contributed by atoms with E-state index >= 15 is 0 Å². The van der Waals surface area contributed by atoms with Crippen molar-refractivity contribution in [1.29, 1.82) is 0 Å². The fourth-order valence-corrected chi connectivity index (χ4v) is 3.49. The maximum atomic E-state index is 3.79. The molecule has 0 unspecified atom stereocenters. The van der Waals surface area contributed by atoms with Gasteiger partial charge in [0.25, 0.3) is 14.1 Å². The first-order valence-electron chi connectivity index (χ1n) is 4.55. The monoisotopic (exact) mass is 208 g/mol. The van der Waals surface area contributed by atoms with Crippen LogP contribution < -0.4 is 0 Å². The predicted octanol–water partition coefficient (Wildman–Crippen LogP) is 2.64. The molecule has 0 spiro atoms. The topological polar surface area (TPSA) is 0 Å². The number of allylic oxidation sites excluding steroid dienone is 4. The van der Waals surface area contributed by atoms with Gasteiger partial charge in [0, 0.05) is 0 Å². The summed E-state index contributed by atoms with van der Waals surface area (Å²) < 4.78 is 0. The first-order chi connectivity index (χ1) is 5.70. The third kappa shape index (κ3) is 10.2. The van der Waals surface area contributed by atoms with Crippen LogP contribution in [0.2, 0.25) is 15.8 Å². The predicted molar refractivity (Wildman–Crippen MR) is 69.9 cm³/mol. The molecule has 0 rings (SSSR count). The van der Waals surface area contributed by atoms with Gasteiger partial charge in [0.15, 0.2) is 17.4 Å². The molecule has 0 radical (unpaired) electrons. The molecule has 0 N–H and O–H groups in total. The highest BCUT2D eigenvalue weighted by molar-refractivity contribution is 6.60. The van der Waals surface area contributed by atoms with Crippen molar-refractivity contribution in [3.63, 3.8) is 0 Å². The van der Waals surface area contributed by atoms with Crippen LogP contribution in [0.15, 0.2) is 37.0 Å². The molecule has 0 heterocycles. The van der Waals surface area contributed by atoms with Gasteiger partial charge in [-0.1, -0.05) is 27.5 Å². The van der Waals surface area contributed by atoms with E-state index in [9.17, 15) is 0 Å². The standard InChI is InChI=1S/C5H9.2C3H5.2Al.3H/c1-4-5(2)3;2*1-3-2;;;;;/h4H,1H2,2-3H3;2*3H,1-2H2;;;;;. The Labute approximate surface area is 97.9 Å². The van der Waals surface area contributed by atoms with E-state index in [0.29, 0.717) is 0 Å². The van der Waals surface area contributed by atoms with E-state index in [0.717, 1.165) is 0 Å². The lowest BCUT2D eigenvalue weighted by Gasteiger charge is -2.02. The van der Waals surface area contributed by atoms with Crippen LogP contribution >= 0.6 is 0 Å². The molecule has 0 amide bonds. The third-order valence-electron chi connectivity index (χ3n) is 1.86. The van der Waals surface area contributed by atoms with E-state index in [-0.39, 0.29) is 17.4 Å². The minimum Gasteiger partial charge on any atom is -0.105 e. The Morgan fingerprint density at radius 1 is 1.08 bits per heavy atom. The molecule has 0 aromatic rings. The number of hydrogen-bond donors (Lipinski definition) is 0. The van der Waals surface area contributed by atoms with Crippen LogP contribution in [-0.4, -0.2) is 31.5 Å². The second kappa shape index (κ2) is 10.4. The van der Waals surface area contributed by atoms with Crippen molar-refractivity contribution in [3.8, 4) is 0 Å². The summed E-state index contributed by atoms with van der Waals surface area (Å²) in [4.78, 5) is 0. The zero-order chi connectivity index (χ0) is 9.40. The summed E-state index contributed by atoms with van der Waals surface area (Å²) in [6, 6.07) is 0. The van der Waals surface area contributed by atoms with Crippen molar-refractivity contribution in [2.24, 2.45) is 0 Å². The molecule has 0 saturated carbocycles. The molecule has 0 fully saturated rings. The Balaban J connectivity index is 0. The van der Waals surface area contributed by atoms with Crippen molar-refractivity contribution in [1.82, 2.24) is 0 Å². The van der Waals surface area contributed by atoms with Gasteiger partial charge in [-0.15, -0.1) is 25.3 Å². The number of rotatable bonds is 6. The quantitative estimate of drug-likeness (QED) is 0.465. The zero-order valence-corrected chi connectivity index (χ0v) is 9.50. The summed E-state index contributed by atoms with van der Waals surface area (Å²) in [5.74, 6) is 0. The van der Waals surface area contributed by atoms with Gasteiger partial charge >= 0.3 is 0 Å². The second-order valence-corrected chi connectivity index (χ2v) is 6.58. The molecule has 72 valence electrons. The van der Waals surface area contributed by atoms with Crippen molar-refractivity contribution >= 4 is 31.5 Å². The molecule has 0 nitrogen and oxygen atoms in total. The molecule has 0 atom stereocenters. The average molecular weight is 208 g/mol. The van der Waals surface area contributed by atoms with E-state index < -0.39 is 14.1 Å². The molecule has 0 aliphatic carbocycles. The second-order valence-electron chi connectivity index (χ2n) is 3.43. The summed E-state index contributed by atoms with van der Waals surface area (Å²) in [7, 11) is 0. The lowest BCUT2D eigenvalue weighted by atomic mass is 10.3. The van der Waals surface area contributed by atoms with Crippen LogP contribution in [0.5, 0.6) is 0 Å². The Hall–Kier alpha value is 0.285. The van der Waals surface area contributed by atoms with Crippen LogP contribution in [0.3, 0.4) is 0 Å². The van der Waals surface area contributed by atoms with E-state index in [1.807, 2.05) is 0 Å².